The van der Waals surface area contributed by atoms with Gasteiger partial charge in [-0.2, -0.15) is 0 Å². The molecule has 2 aromatic rings. The van der Waals surface area contributed by atoms with Gasteiger partial charge in [0.25, 0.3) is 5.91 Å². The quantitative estimate of drug-likeness (QED) is 0.915. The van der Waals surface area contributed by atoms with Crippen molar-refractivity contribution in [2.45, 2.75) is 27.3 Å². The third-order valence-corrected chi connectivity index (χ3v) is 2.88. The zero-order valence-corrected chi connectivity index (χ0v) is 11.4. The van der Waals surface area contributed by atoms with Crippen molar-refractivity contribution >= 4 is 5.91 Å². The summed E-state index contributed by atoms with van der Waals surface area (Å²) in [7, 11) is 0. The van der Waals surface area contributed by atoms with Crippen LogP contribution in [0.4, 0.5) is 0 Å². The summed E-state index contributed by atoms with van der Waals surface area (Å²) in [6.45, 7) is 6.16. The van der Waals surface area contributed by atoms with Crippen molar-refractivity contribution in [1.82, 2.24) is 15.3 Å². The number of hydrogen-bond donors (Lipinski definition) is 1. The van der Waals surface area contributed by atoms with E-state index in [1.807, 2.05) is 32.0 Å². The first-order chi connectivity index (χ1) is 9.06. The predicted octanol–water partition coefficient (Wildman–Crippen LogP) is 2.33. The first-order valence-electron chi connectivity index (χ1n) is 6.20. The van der Waals surface area contributed by atoms with Crippen LogP contribution in [0.15, 0.2) is 30.5 Å². The lowest BCUT2D eigenvalue weighted by molar-refractivity contribution is 0.0949. The SMILES string of the molecule is Cc1cccc(CNC(=O)c2cnc(C)nc2C)c1. The zero-order chi connectivity index (χ0) is 13.8. The molecule has 0 saturated carbocycles. The highest BCUT2D eigenvalue weighted by molar-refractivity contribution is 5.94. The molecule has 19 heavy (non-hydrogen) atoms. The fourth-order valence-electron chi connectivity index (χ4n) is 1.91. The summed E-state index contributed by atoms with van der Waals surface area (Å²) in [5, 5.41) is 2.88. The summed E-state index contributed by atoms with van der Waals surface area (Å²) < 4.78 is 0. The Morgan fingerprint density at radius 3 is 2.74 bits per heavy atom. The summed E-state index contributed by atoms with van der Waals surface area (Å²) in [5.74, 6) is 0.534. The van der Waals surface area contributed by atoms with Crippen molar-refractivity contribution in [2.24, 2.45) is 0 Å². The van der Waals surface area contributed by atoms with Gasteiger partial charge in [-0.3, -0.25) is 4.79 Å². The highest BCUT2D eigenvalue weighted by atomic mass is 16.1. The van der Waals surface area contributed by atoms with Crippen LogP contribution in [-0.2, 0) is 6.54 Å². The Hall–Kier alpha value is -2.23. The van der Waals surface area contributed by atoms with Gasteiger partial charge in [0.2, 0.25) is 0 Å². The fourth-order valence-corrected chi connectivity index (χ4v) is 1.91. The summed E-state index contributed by atoms with van der Waals surface area (Å²) in [5.41, 5.74) is 3.49. The van der Waals surface area contributed by atoms with E-state index in [9.17, 15) is 4.79 Å². The summed E-state index contributed by atoms with van der Waals surface area (Å²) in [6, 6.07) is 8.06. The van der Waals surface area contributed by atoms with Gasteiger partial charge in [-0.15, -0.1) is 0 Å². The van der Waals surface area contributed by atoms with Gasteiger partial charge in [-0.05, 0) is 26.3 Å². The van der Waals surface area contributed by atoms with Crippen molar-refractivity contribution in [1.29, 1.82) is 0 Å². The van der Waals surface area contributed by atoms with E-state index in [-0.39, 0.29) is 5.91 Å². The van der Waals surface area contributed by atoms with Gasteiger partial charge < -0.3 is 5.32 Å². The molecule has 0 spiro atoms. The van der Waals surface area contributed by atoms with E-state index in [1.54, 1.807) is 13.1 Å². The molecule has 4 nitrogen and oxygen atoms in total. The normalized spacial score (nSPS) is 10.3. The average molecular weight is 255 g/mol. The van der Waals surface area contributed by atoms with Gasteiger partial charge in [0, 0.05) is 12.7 Å². The highest BCUT2D eigenvalue weighted by Gasteiger charge is 2.10. The molecule has 1 aromatic heterocycles. The molecule has 0 aliphatic carbocycles. The minimum atomic E-state index is -0.140. The standard InChI is InChI=1S/C15H17N3O/c1-10-5-4-6-13(7-10)8-17-15(19)14-9-16-12(3)18-11(14)2/h4-7,9H,8H2,1-3H3,(H,17,19). The Morgan fingerprint density at radius 2 is 2.05 bits per heavy atom. The maximum absolute atomic E-state index is 12.0. The number of carbonyl (C=O) groups excluding carboxylic acids is 1. The number of aryl methyl sites for hydroxylation is 3. The smallest absolute Gasteiger partial charge is 0.254 e. The Balaban J connectivity index is 2.05. The van der Waals surface area contributed by atoms with E-state index >= 15 is 0 Å². The van der Waals surface area contributed by atoms with Gasteiger partial charge >= 0.3 is 0 Å². The molecule has 0 bridgehead atoms. The van der Waals surface area contributed by atoms with Gasteiger partial charge in [0.05, 0.1) is 11.3 Å². The first kappa shape index (κ1) is 13.2. The van der Waals surface area contributed by atoms with Crippen molar-refractivity contribution in [3.8, 4) is 0 Å². The summed E-state index contributed by atoms with van der Waals surface area (Å²) in [6.07, 6.45) is 1.57. The second-order valence-corrected chi connectivity index (χ2v) is 4.59. The largest absolute Gasteiger partial charge is 0.348 e. The van der Waals surface area contributed by atoms with E-state index in [1.165, 1.54) is 5.56 Å². The molecule has 0 fully saturated rings. The Labute approximate surface area is 112 Å². The molecule has 0 aliphatic rings. The fraction of sp³-hybridized carbons (Fsp3) is 0.267. The molecule has 0 aliphatic heterocycles. The molecule has 0 unspecified atom stereocenters. The van der Waals surface area contributed by atoms with E-state index < -0.39 is 0 Å². The molecule has 4 heteroatoms. The van der Waals surface area contributed by atoms with Gasteiger partial charge in [-0.25, -0.2) is 9.97 Å². The molecule has 1 N–H and O–H groups in total. The Morgan fingerprint density at radius 1 is 1.26 bits per heavy atom. The van der Waals surface area contributed by atoms with Crippen molar-refractivity contribution in [2.75, 3.05) is 0 Å². The van der Waals surface area contributed by atoms with Crippen molar-refractivity contribution in [3.05, 3.63) is 58.7 Å². The van der Waals surface area contributed by atoms with Crippen molar-refractivity contribution < 1.29 is 4.79 Å². The molecule has 1 aromatic carbocycles. The molecular weight excluding hydrogens is 238 g/mol. The number of aromatic nitrogens is 2. The van der Waals surface area contributed by atoms with E-state index in [0.717, 1.165) is 5.56 Å². The zero-order valence-electron chi connectivity index (χ0n) is 11.4. The Bertz CT molecular complexity index is 608. The van der Waals surface area contributed by atoms with Crippen LogP contribution in [0.3, 0.4) is 0 Å². The van der Waals surface area contributed by atoms with Crippen LogP contribution in [0.2, 0.25) is 0 Å². The maximum Gasteiger partial charge on any atom is 0.254 e. The second-order valence-electron chi connectivity index (χ2n) is 4.59. The van der Waals surface area contributed by atoms with Crippen LogP contribution in [0.5, 0.6) is 0 Å². The van der Waals surface area contributed by atoms with Crippen LogP contribution < -0.4 is 5.32 Å². The van der Waals surface area contributed by atoms with Gasteiger partial charge in [0.1, 0.15) is 5.82 Å². The molecule has 2 rings (SSSR count). The number of carbonyl (C=O) groups is 1. The van der Waals surface area contributed by atoms with Crippen LogP contribution in [0, 0.1) is 20.8 Å². The number of amides is 1. The lowest BCUT2D eigenvalue weighted by Crippen LogP contribution is -2.24. The molecule has 0 radical (unpaired) electrons. The van der Waals surface area contributed by atoms with Crippen LogP contribution in [0.25, 0.3) is 0 Å². The van der Waals surface area contributed by atoms with Crippen LogP contribution in [0.1, 0.15) is 33.0 Å². The number of rotatable bonds is 3. The number of nitrogens with one attached hydrogen (secondary N) is 1. The van der Waals surface area contributed by atoms with Crippen LogP contribution in [-0.4, -0.2) is 15.9 Å². The number of benzene rings is 1. The summed E-state index contributed by atoms with van der Waals surface area (Å²) in [4.78, 5) is 20.3. The minimum absolute atomic E-state index is 0.140. The first-order valence-corrected chi connectivity index (χ1v) is 6.20. The topological polar surface area (TPSA) is 54.9 Å². The number of nitrogens with zero attached hydrogens (tertiary/aromatic N) is 2. The minimum Gasteiger partial charge on any atom is -0.348 e. The predicted molar refractivity (Wildman–Crippen MR) is 73.9 cm³/mol. The van der Waals surface area contributed by atoms with E-state index in [2.05, 4.69) is 21.4 Å². The second kappa shape index (κ2) is 5.61. The van der Waals surface area contributed by atoms with Gasteiger partial charge in [0.15, 0.2) is 0 Å². The third kappa shape index (κ3) is 3.37. The monoisotopic (exact) mass is 255 g/mol. The molecule has 0 saturated heterocycles. The highest BCUT2D eigenvalue weighted by Crippen LogP contribution is 2.06. The van der Waals surface area contributed by atoms with Crippen LogP contribution >= 0.6 is 0 Å². The Kier molecular flexibility index (Phi) is 3.90. The maximum atomic E-state index is 12.0. The molecule has 98 valence electrons. The molecular formula is C15H17N3O. The summed E-state index contributed by atoms with van der Waals surface area (Å²) >= 11 is 0. The molecule has 0 atom stereocenters. The lowest BCUT2D eigenvalue weighted by atomic mass is 10.1. The third-order valence-electron chi connectivity index (χ3n) is 2.88. The lowest BCUT2D eigenvalue weighted by Gasteiger charge is -2.08. The molecule has 1 heterocycles. The van der Waals surface area contributed by atoms with Crippen molar-refractivity contribution in [3.63, 3.8) is 0 Å². The number of hydrogen-bond acceptors (Lipinski definition) is 3. The average Bonchev–Trinajstić information content (AvgIpc) is 2.36. The van der Waals surface area contributed by atoms with E-state index in [4.69, 9.17) is 0 Å². The molecule has 1 amide bonds. The van der Waals surface area contributed by atoms with Gasteiger partial charge in [-0.1, -0.05) is 29.8 Å². The van der Waals surface area contributed by atoms with E-state index in [0.29, 0.717) is 23.6 Å².